The number of hydrogen-bond donors (Lipinski definition) is 7. The van der Waals surface area contributed by atoms with E-state index < -0.39 is 78.5 Å². The van der Waals surface area contributed by atoms with Gasteiger partial charge in [0.05, 0.1) is 18.9 Å². The van der Waals surface area contributed by atoms with Crippen molar-refractivity contribution in [2.75, 3.05) is 0 Å². The van der Waals surface area contributed by atoms with E-state index in [9.17, 15) is 33.9 Å². The van der Waals surface area contributed by atoms with Gasteiger partial charge in [-0.25, -0.2) is 4.79 Å². The van der Waals surface area contributed by atoms with Crippen LogP contribution in [0, 0.1) is 5.92 Å². The Bertz CT molecular complexity index is 955. The number of nitrogens with one attached hydrogen (secondary N) is 3. The lowest BCUT2D eigenvalue weighted by atomic mass is 9.98. The van der Waals surface area contributed by atoms with Gasteiger partial charge in [0.25, 0.3) is 0 Å². The monoisotopic (exact) mass is 507 g/mol. The highest BCUT2D eigenvalue weighted by Gasteiger charge is 2.33. The van der Waals surface area contributed by atoms with Crippen molar-refractivity contribution in [2.45, 2.75) is 63.7 Å². The summed E-state index contributed by atoms with van der Waals surface area (Å²) in [4.78, 5) is 72.4. The summed E-state index contributed by atoms with van der Waals surface area (Å²) < 4.78 is 0. The molecule has 0 fully saturated rings. The number of aliphatic carboxylic acids is 2. The summed E-state index contributed by atoms with van der Waals surface area (Å²) >= 11 is 0. The Morgan fingerprint density at radius 2 is 1.42 bits per heavy atom. The van der Waals surface area contributed by atoms with Crippen LogP contribution in [0.3, 0.4) is 0 Å². The van der Waals surface area contributed by atoms with Gasteiger partial charge < -0.3 is 37.6 Å². The molecule has 0 heterocycles. The molecule has 1 rings (SSSR count). The van der Waals surface area contributed by atoms with Crippen molar-refractivity contribution < 1.29 is 39.0 Å². The molecule has 198 valence electrons. The number of hydrogen-bond acceptors (Lipinski definition) is 7. The van der Waals surface area contributed by atoms with Crippen LogP contribution in [0.25, 0.3) is 0 Å². The predicted molar refractivity (Wildman–Crippen MR) is 127 cm³/mol. The molecule has 9 N–H and O–H groups in total. The van der Waals surface area contributed by atoms with Crippen LogP contribution in [0.15, 0.2) is 30.3 Å². The lowest BCUT2D eigenvalue weighted by Gasteiger charge is -2.26. The zero-order valence-electron chi connectivity index (χ0n) is 20.1. The number of carboxylic acid groups (broad SMARTS) is 2. The largest absolute Gasteiger partial charge is 0.481 e. The molecular formula is C23H33N5O8. The standard InChI is InChI=1S/C23H33N5O8/c1-3-12(2)19(23(35)36)28-22(34)16(11-17(25)29)27-21(33)15(9-13-7-5-4-6-8-13)26-20(32)14(24)10-18(30)31/h4-8,12,14-16,19H,3,9-11,24H2,1-2H3,(H2,25,29)(H,26,32)(H,27,33)(H,28,34)(H,30,31)(H,35,36). The van der Waals surface area contributed by atoms with Gasteiger partial charge in [-0.2, -0.15) is 0 Å². The Hall–Kier alpha value is -4.00. The molecular weight excluding hydrogens is 474 g/mol. The number of carbonyl (C=O) groups excluding carboxylic acids is 4. The van der Waals surface area contributed by atoms with Gasteiger partial charge in [0.1, 0.15) is 18.1 Å². The van der Waals surface area contributed by atoms with Gasteiger partial charge in [0, 0.05) is 6.42 Å². The van der Waals surface area contributed by atoms with Crippen molar-refractivity contribution in [2.24, 2.45) is 17.4 Å². The van der Waals surface area contributed by atoms with E-state index in [2.05, 4.69) is 16.0 Å². The van der Waals surface area contributed by atoms with Crippen molar-refractivity contribution in [1.82, 2.24) is 16.0 Å². The second-order valence-electron chi connectivity index (χ2n) is 8.40. The molecule has 0 aliphatic carbocycles. The van der Waals surface area contributed by atoms with Crippen molar-refractivity contribution in [3.63, 3.8) is 0 Å². The normalized spacial score (nSPS) is 14.9. The summed E-state index contributed by atoms with van der Waals surface area (Å²) in [5.74, 6) is -6.71. The maximum Gasteiger partial charge on any atom is 0.326 e. The van der Waals surface area contributed by atoms with Gasteiger partial charge in [-0.05, 0) is 11.5 Å². The molecule has 0 radical (unpaired) electrons. The third kappa shape index (κ3) is 10.1. The fourth-order valence-corrected chi connectivity index (χ4v) is 3.24. The molecule has 1 aromatic rings. The van der Waals surface area contributed by atoms with E-state index in [0.717, 1.165) is 0 Å². The van der Waals surface area contributed by atoms with Crippen molar-refractivity contribution in [3.05, 3.63) is 35.9 Å². The van der Waals surface area contributed by atoms with Crippen LogP contribution in [0.5, 0.6) is 0 Å². The highest BCUT2D eigenvalue weighted by atomic mass is 16.4. The van der Waals surface area contributed by atoms with Crippen molar-refractivity contribution in [1.29, 1.82) is 0 Å². The maximum atomic E-state index is 13.1. The fourth-order valence-electron chi connectivity index (χ4n) is 3.24. The van der Waals surface area contributed by atoms with Gasteiger partial charge in [0.15, 0.2) is 0 Å². The summed E-state index contributed by atoms with van der Waals surface area (Å²) in [6, 6.07) is 2.97. The molecule has 0 bridgehead atoms. The van der Waals surface area contributed by atoms with Crippen LogP contribution in [-0.2, 0) is 35.2 Å². The Labute approximate surface area is 208 Å². The highest BCUT2D eigenvalue weighted by Crippen LogP contribution is 2.10. The predicted octanol–water partition coefficient (Wildman–Crippen LogP) is -1.51. The van der Waals surface area contributed by atoms with E-state index >= 15 is 0 Å². The minimum Gasteiger partial charge on any atom is -0.481 e. The van der Waals surface area contributed by atoms with E-state index in [0.29, 0.717) is 12.0 Å². The Balaban J connectivity index is 3.14. The first-order chi connectivity index (χ1) is 16.8. The molecule has 0 aliphatic heterocycles. The molecule has 36 heavy (non-hydrogen) atoms. The van der Waals surface area contributed by atoms with Gasteiger partial charge in [-0.1, -0.05) is 50.6 Å². The zero-order valence-corrected chi connectivity index (χ0v) is 20.1. The van der Waals surface area contributed by atoms with Crippen LogP contribution < -0.4 is 27.4 Å². The molecule has 5 atom stereocenters. The van der Waals surface area contributed by atoms with Gasteiger partial charge >= 0.3 is 11.9 Å². The molecule has 0 spiro atoms. The van der Waals surface area contributed by atoms with Gasteiger partial charge in [-0.15, -0.1) is 0 Å². The summed E-state index contributed by atoms with van der Waals surface area (Å²) in [6.45, 7) is 3.36. The van der Waals surface area contributed by atoms with Crippen LogP contribution >= 0.6 is 0 Å². The number of rotatable bonds is 15. The van der Waals surface area contributed by atoms with Crippen LogP contribution in [0.1, 0.15) is 38.7 Å². The number of nitrogens with two attached hydrogens (primary N) is 2. The Kier molecular flexibility index (Phi) is 12.0. The zero-order chi connectivity index (χ0) is 27.4. The highest BCUT2D eigenvalue weighted by molar-refractivity contribution is 5.96. The maximum absolute atomic E-state index is 13.1. The quantitative estimate of drug-likeness (QED) is 0.146. The first-order valence-corrected chi connectivity index (χ1v) is 11.3. The van der Waals surface area contributed by atoms with Crippen LogP contribution in [0.2, 0.25) is 0 Å². The van der Waals surface area contributed by atoms with Crippen molar-refractivity contribution in [3.8, 4) is 0 Å². The van der Waals surface area contributed by atoms with E-state index in [4.69, 9.17) is 16.6 Å². The van der Waals surface area contributed by atoms with E-state index in [1.165, 1.54) is 0 Å². The Morgan fingerprint density at radius 1 is 0.861 bits per heavy atom. The molecule has 0 aromatic heterocycles. The average molecular weight is 508 g/mol. The molecule has 1 aromatic carbocycles. The minimum atomic E-state index is -1.52. The molecule has 0 saturated carbocycles. The molecule has 0 aliphatic rings. The van der Waals surface area contributed by atoms with Crippen molar-refractivity contribution >= 4 is 35.6 Å². The smallest absolute Gasteiger partial charge is 0.326 e. The molecule has 0 saturated heterocycles. The van der Waals surface area contributed by atoms with Gasteiger partial charge in [-0.3, -0.25) is 24.0 Å². The minimum absolute atomic E-state index is 0.0479. The second kappa shape index (κ2) is 14.4. The van der Waals surface area contributed by atoms with Crippen LogP contribution in [-0.4, -0.2) is 69.9 Å². The second-order valence-corrected chi connectivity index (χ2v) is 8.40. The topological polar surface area (TPSA) is 231 Å². The fraction of sp³-hybridized carbons (Fsp3) is 0.478. The number of carboxylic acids is 2. The Morgan fingerprint density at radius 3 is 1.92 bits per heavy atom. The number of amides is 4. The molecule has 13 nitrogen and oxygen atoms in total. The number of benzene rings is 1. The lowest BCUT2D eigenvalue weighted by Crippen LogP contribution is -2.58. The van der Waals surface area contributed by atoms with E-state index in [1.807, 2.05) is 0 Å². The van der Waals surface area contributed by atoms with Crippen LogP contribution in [0.4, 0.5) is 0 Å². The first kappa shape index (κ1) is 30.0. The SMILES string of the molecule is CCC(C)C(NC(=O)C(CC(N)=O)NC(=O)C(Cc1ccccc1)NC(=O)C(N)CC(=O)O)C(=O)O. The number of primary amides is 1. The summed E-state index contributed by atoms with van der Waals surface area (Å²) in [5, 5.41) is 25.3. The van der Waals surface area contributed by atoms with E-state index in [-0.39, 0.29) is 6.42 Å². The molecule has 5 unspecified atom stereocenters. The average Bonchev–Trinajstić information content (AvgIpc) is 2.80. The summed E-state index contributed by atoms with van der Waals surface area (Å²) in [7, 11) is 0. The molecule has 4 amide bonds. The first-order valence-electron chi connectivity index (χ1n) is 11.3. The lowest BCUT2D eigenvalue weighted by molar-refractivity contribution is -0.144. The third-order valence-corrected chi connectivity index (χ3v) is 5.46. The van der Waals surface area contributed by atoms with Gasteiger partial charge in [0.2, 0.25) is 23.6 Å². The third-order valence-electron chi connectivity index (χ3n) is 5.46. The van der Waals surface area contributed by atoms with E-state index in [1.54, 1.807) is 44.2 Å². The molecule has 13 heteroatoms. The summed E-state index contributed by atoms with van der Waals surface area (Å²) in [5.41, 5.74) is 11.4. The number of carbonyl (C=O) groups is 6. The summed E-state index contributed by atoms with van der Waals surface area (Å²) in [6.07, 6.45) is -0.918.